The molecule has 1 heterocycles. The Morgan fingerprint density at radius 2 is 2.00 bits per heavy atom. The molecule has 0 aliphatic heterocycles. The van der Waals surface area contributed by atoms with Gasteiger partial charge >= 0.3 is 0 Å². The first-order valence-corrected chi connectivity index (χ1v) is 7.71. The molecule has 1 fully saturated rings. The maximum atomic E-state index is 6.01. The summed E-state index contributed by atoms with van der Waals surface area (Å²) in [5, 5.41) is 12.3. The number of hydrogen-bond donors (Lipinski definition) is 1. The Kier molecular flexibility index (Phi) is 3.66. The van der Waals surface area contributed by atoms with Crippen molar-refractivity contribution in [2.45, 2.75) is 52.5 Å². The molecule has 1 aromatic heterocycles. The van der Waals surface area contributed by atoms with E-state index in [0.29, 0.717) is 5.41 Å². The Morgan fingerprint density at radius 1 is 1.24 bits per heavy atom. The van der Waals surface area contributed by atoms with Gasteiger partial charge in [-0.05, 0) is 47.2 Å². The molecule has 0 atom stereocenters. The highest BCUT2D eigenvalue weighted by Crippen LogP contribution is 2.38. The van der Waals surface area contributed by atoms with Crippen LogP contribution in [0.2, 0.25) is 0 Å². The predicted octanol–water partition coefficient (Wildman–Crippen LogP) is 3.20. The van der Waals surface area contributed by atoms with Gasteiger partial charge in [-0.2, -0.15) is 0 Å². The summed E-state index contributed by atoms with van der Waals surface area (Å²) >= 11 is 0. The highest BCUT2D eigenvalue weighted by molar-refractivity contribution is 5.67. The Bertz CT molecular complexity index is 625. The fraction of sp³-hybridized carbons (Fsp3) is 0.562. The zero-order valence-corrected chi connectivity index (χ0v) is 12.8. The van der Waals surface area contributed by atoms with Crippen molar-refractivity contribution >= 4 is 5.69 Å². The van der Waals surface area contributed by atoms with E-state index < -0.39 is 0 Å². The van der Waals surface area contributed by atoms with Crippen molar-refractivity contribution < 1.29 is 0 Å². The molecule has 0 unspecified atom stereocenters. The van der Waals surface area contributed by atoms with Gasteiger partial charge in [0.2, 0.25) is 0 Å². The van der Waals surface area contributed by atoms with E-state index in [9.17, 15) is 0 Å². The second-order valence-corrected chi connectivity index (χ2v) is 6.55. The standard InChI is InChI=1S/C16H23N5/c1-12-13(7-6-8-14(12)17)15-18-19-20-21(15)11-16(2)9-4-3-5-10-16/h6-8H,3-5,9-11,17H2,1-2H3. The third-order valence-electron chi connectivity index (χ3n) is 4.74. The molecule has 5 nitrogen and oxygen atoms in total. The van der Waals surface area contributed by atoms with Gasteiger partial charge in [0.15, 0.2) is 5.82 Å². The van der Waals surface area contributed by atoms with Crippen molar-refractivity contribution in [1.82, 2.24) is 20.2 Å². The smallest absolute Gasteiger partial charge is 0.182 e. The van der Waals surface area contributed by atoms with E-state index in [2.05, 4.69) is 22.4 Å². The summed E-state index contributed by atoms with van der Waals surface area (Å²) < 4.78 is 1.95. The molecule has 112 valence electrons. The summed E-state index contributed by atoms with van der Waals surface area (Å²) in [6.45, 7) is 5.25. The van der Waals surface area contributed by atoms with Gasteiger partial charge < -0.3 is 5.73 Å². The molecule has 0 radical (unpaired) electrons. The molecule has 1 aliphatic carbocycles. The SMILES string of the molecule is Cc1c(N)cccc1-c1nnnn1CC1(C)CCCCC1. The van der Waals surface area contributed by atoms with Crippen LogP contribution >= 0.6 is 0 Å². The molecule has 1 saturated carbocycles. The van der Waals surface area contributed by atoms with Gasteiger partial charge in [0.05, 0.1) is 6.54 Å². The Hall–Kier alpha value is -1.91. The van der Waals surface area contributed by atoms with Crippen molar-refractivity contribution in [3.05, 3.63) is 23.8 Å². The summed E-state index contributed by atoms with van der Waals surface area (Å²) in [5.41, 5.74) is 9.17. The minimum atomic E-state index is 0.302. The number of tetrazole rings is 1. The van der Waals surface area contributed by atoms with Gasteiger partial charge in [0.1, 0.15) is 0 Å². The van der Waals surface area contributed by atoms with Crippen LogP contribution in [0, 0.1) is 12.3 Å². The van der Waals surface area contributed by atoms with E-state index in [1.54, 1.807) is 0 Å². The van der Waals surface area contributed by atoms with E-state index in [1.165, 1.54) is 32.1 Å². The normalized spacial score (nSPS) is 17.8. The monoisotopic (exact) mass is 285 g/mol. The van der Waals surface area contributed by atoms with E-state index in [0.717, 1.165) is 29.2 Å². The number of anilines is 1. The molecule has 0 amide bonds. The lowest BCUT2D eigenvalue weighted by atomic mass is 9.76. The maximum absolute atomic E-state index is 6.01. The van der Waals surface area contributed by atoms with E-state index >= 15 is 0 Å². The number of nitrogens with zero attached hydrogens (tertiary/aromatic N) is 4. The summed E-state index contributed by atoms with van der Waals surface area (Å²) in [6, 6.07) is 5.91. The maximum Gasteiger partial charge on any atom is 0.182 e. The third-order valence-corrected chi connectivity index (χ3v) is 4.74. The first-order chi connectivity index (χ1) is 10.1. The second kappa shape index (κ2) is 5.47. The zero-order valence-electron chi connectivity index (χ0n) is 12.8. The van der Waals surface area contributed by atoms with Gasteiger partial charge in [-0.1, -0.05) is 38.3 Å². The quantitative estimate of drug-likeness (QED) is 0.879. The van der Waals surface area contributed by atoms with Crippen LogP contribution in [0.4, 0.5) is 5.69 Å². The van der Waals surface area contributed by atoms with Gasteiger partial charge in [-0.25, -0.2) is 4.68 Å². The Balaban J connectivity index is 1.92. The molecular formula is C16H23N5. The third kappa shape index (κ3) is 2.77. The Morgan fingerprint density at radius 3 is 2.76 bits per heavy atom. The number of hydrogen-bond acceptors (Lipinski definition) is 4. The lowest BCUT2D eigenvalue weighted by Gasteiger charge is -2.33. The summed E-state index contributed by atoms with van der Waals surface area (Å²) in [6.07, 6.45) is 6.48. The van der Waals surface area contributed by atoms with Crippen LogP contribution < -0.4 is 5.73 Å². The fourth-order valence-corrected chi connectivity index (χ4v) is 3.32. The summed E-state index contributed by atoms with van der Waals surface area (Å²) in [5.74, 6) is 0.826. The summed E-state index contributed by atoms with van der Waals surface area (Å²) in [7, 11) is 0. The number of nitrogens with two attached hydrogens (primary N) is 1. The fourth-order valence-electron chi connectivity index (χ4n) is 3.32. The first kappa shape index (κ1) is 14.0. The van der Waals surface area contributed by atoms with Crippen molar-refractivity contribution in [2.24, 2.45) is 5.41 Å². The van der Waals surface area contributed by atoms with Crippen LogP contribution in [0.15, 0.2) is 18.2 Å². The minimum absolute atomic E-state index is 0.302. The average molecular weight is 285 g/mol. The zero-order chi connectivity index (χ0) is 14.9. The molecule has 0 saturated heterocycles. The lowest BCUT2D eigenvalue weighted by Crippen LogP contribution is -2.27. The predicted molar refractivity (Wildman–Crippen MR) is 83.6 cm³/mol. The molecule has 3 rings (SSSR count). The molecule has 5 heteroatoms. The second-order valence-electron chi connectivity index (χ2n) is 6.55. The molecule has 0 bridgehead atoms. The van der Waals surface area contributed by atoms with Crippen LogP contribution in [-0.4, -0.2) is 20.2 Å². The van der Waals surface area contributed by atoms with Gasteiger partial charge in [-0.3, -0.25) is 0 Å². The molecule has 2 aromatic rings. The van der Waals surface area contributed by atoms with E-state index in [4.69, 9.17) is 5.73 Å². The van der Waals surface area contributed by atoms with Crippen LogP contribution in [-0.2, 0) is 6.54 Å². The lowest BCUT2D eigenvalue weighted by molar-refractivity contribution is 0.175. The molecule has 0 spiro atoms. The van der Waals surface area contributed by atoms with Crippen molar-refractivity contribution in [3.8, 4) is 11.4 Å². The molecule has 2 N–H and O–H groups in total. The van der Waals surface area contributed by atoms with Gasteiger partial charge in [0.25, 0.3) is 0 Å². The number of nitrogen functional groups attached to an aromatic ring is 1. The van der Waals surface area contributed by atoms with Gasteiger partial charge in [0, 0.05) is 11.3 Å². The van der Waals surface area contributed by atoms with Crippen molar-refractivity contribution in [1.29, 1.82) is 0 Å². The van der Waals surface area contributed by atoms with E-state index in [-0.39, 0.29) is 0 Å². The first-order valence-electron chi connectivity index (χ1n) is 7.71. The van der Waals surface area contributed by atoms with E-state index in [1.807, 2.05) is 29.8 Å². The average Bonchev–Trinajstić information content (AvgIpc) is 2.90. The molecule has 1 aliphatic rings. The van der Waals surface area contributed by atoms with Crippen LogP contribution in [0.5, 0.6) is 0 Å². The molecular weight excluding hydrogens is 262 g/mol. The number of aromatic nitrogens is 4. The summed E-state index contributed by atoms with van der Waals surface area (Å²) in [4.78, 5) is 0. The molecule has 1 aromatic carbocycles. The van der Waals surface area contributed by atoms with Crippen LogP contribution in [0.3, 0.4) is 0 Å². The topological polar surface area (TPSA) is 69.6 Å². The van der Waals surface area contributed by atoms with Crippen molar-refractivity contribution in [3.63, 3.8) is 0 Å². The van der Waals surface area contributed by atoms with Crippen LogP contribution in [0.1, 0.15) is 44.6 Å². The highest BCUT2D eigenvalue weighted by atomic mass is 15.5. The number of rotatable bonds is 3. The Labute approximate surface area is 125 Å². The highest BCUT2D eigenvalue weighted by Gasteiger charge is 2.29. The number of benzene rings is 1. The van der Waals surface area contributed by atoms with Crippen LogP contribution in [0.25, 0.3) is 11.4 Å². The van der Waals surface area contributed by atoms with Gasteiger partial charge in [-0.15, -0.1) is 5.10 Å². The van der Waals surface area contributed by atoms with Crippen molar-refractivity contribution in [2.75, 3.05) is 5.73 Å². The minimum Gasteiger partial charge on any atom is -0.398 e. The molecule has 21 heavy (non-hydrogen) atoms. The largest absolute Gasteiger partial charge is 0.398 e.